The van der Waals surface area contributed by atoms with Crippen molar-refractivity contribution in [1.82, 2.24) is 9.80 Å². The van der Waals surface area contributed by atoms with Gasteiger partial charge in [-0.05, 0) is 26.7 Å². The Morgan fingerprint density at radius 1 is 1.23 bits per heavy atom. The Labute approximate surface area is 156 Å². The van der Waals surface area contributed by atoms with Crippen LogP contribution in [0.5, 0.6) is 0 Å². The molecule has 0 aromatic heterocycles. The number of rotatable bonds is 4. The van der Waals surface area contributed by atoms with Crippen LogP contribution in [0.3, 0.4) is 0 Å². The third kappa shape index (κ3) is 5.72. The summed E-state index contributed by atoms with van der Waals surface area (Å²) in [5.41, 5.74) is 6.22. The van der Waals surface area contributed by atoms with Crippen LogP contribution in [0.2, 0.25) is 0 Å². The molecule has 0 spiro atoms. The molecule has 2 N–H and O–H groups in total. The molecule has 5 nitrogen and oxygen atoms in total. The number of methoxy groups -OCH3 is 1. The van der Waals surface area contributed by atoms with E-state index in [0.717, 1.165) is 63.0 Å². The van der Waals surface area contributed by atoms with Crippen molar-refractivity contribution in [2.45, 2.75) is 38.3 Å². The lowest BCUT2D eigenvalue weighted by atomic mass is 9.97. The predicted molar refractivity (Wildman–Crippen MR) is 106 cm³/mol. The first-order chi connectivity index (χ1) is 10.0. The first kappa shape index (κ1) is 20.3. The fourth-order valence-corrected chi connectivity index (χ4v) is 3.87. The van der Waals surface area contributed by atoms with Crippen LogP contribution in [0.1, 0.15) is 26.7 Å². The molecule has 0 amide bonds. The fourth-order valence-electron chi connectivity index (χ4n) is 2.96. The van der Waals surface area contributed by atoms with Gasteiger partial charge in [0.15, 0.2) is 5.96 Å². The Kier molecular flexibility index (Phi) is 8.81. The van der Waals surface area contributed by atoms with Crippen molar-refractivity contribution >= 4 is 41.7 Å². The molecule has 2 aliphatic heterocycles. The maximum absolute atomic E-state index is 6.16. The lowest BCUT2D eigenvalue weighted by Crippen LogP contribution is -2.52. The van der Waals surface area contributed by atoms with Crippen LogP contribution in [0.15, 0.2) is 4.99 Å². The number of halogens is 1. The van der Waals surface area contributed by atoms with E-state index in [1.807, 2.05) is 18.9 Å². The Morgan fingerprint density at radius 3 is 2.36 bits per heavy atom. The molecule has 2 rings (SSSR count). The highest BCUT2D eigenvalue weighted by Gasteiger charge is 2.30. The van der Waals surface area contributed by atoms with Gasteiger partial charge in [0.2, 0.25) is 0 Å². The van der Waals surface area contributed by atoms with E-state index in [-0.39, 0.29) is 29.5 Å². The van der Waals surface area contributed by atoms with E-state index < -0.39 is 0 Å². The summed E-state index contributed by atoms with van der Waals surface area (Å²) in [4.78, 5) is 9.40. The van der Waals surface area contributed by atoms with Gasteiger partial charge in [0.25, 0.3) is 0 Å². The zero-order chi connectivity index (χ0) is 15.3. The van der Waals surface area contributed by atoms with E-state index in [0.29, 0.717) is 6.10 Å². The lowest BCUT2D eigenvalue weighted by Gasteiger charge is -2.42. The second-order valence-corrected chi connectivity index (χ2v) is 7.73. The van der Waals surface area contributed by atoms with E-state index in [9.17, 15) is 0 Å². The van der Waals surface area contributed by atoms with Gasteiger partial charge in [0, 0.05) is 50.3 Å². The first-order valence-corrected chi connectivity index (χ1v) is 9.09. The number of ether oxygens (including phenoxy) is 1. The highest BCUT2D eigenvalue weighted by molar-refractivity contribution is 14.0. The molecule has 0 bridgehead atoms. The maximum Gasteiger partial charge on any atom is 0.191 e. The minimum absolute atomic E-state index is 0. The molecular formula is C15H31IN4OS. The average molecular weight is 442 g/mol. The molecule has 0 aromatic rings. The van der Waals surface area contributed by atoms with E-state index in [1.54, 1.807) is 0 Å². The molecule has 0 saturated carbocycles. The lowest BCUT2D eigenvalue weighted by molar-refractivity contribution is 0.00905. The quantitative estimate of drug-likeness (QED) is 0.409. The van der Waals surface area contributed by atoms with Crippen molar-refractivity contribution in [1.29, 1.82) is 0 Å². The van der Waals surface area contributed by atoms with Crippen molar-refractivity contribution in [3.05, 3.63) is 0 Å². The number of piperidine rings is 1. The second kappa shape index (κ2) is 9.54. The van der Waals surface area contributed by atoms with Gasteiger partial charge in [-0.1, -0.05) is 0 Å². The van der Waals surface area contributed by atoms with Crippen molar-refractivity contribution in [2.75, 3.05) is 51.3 Å². The van der Waals surface area contributed by atoms with Crippen molar-refractivity contribution < 1.29 is 4.74 Å². The second-order valence-electron chi connectivity index (χ2n) is 6.51. The monoisotopic (exact) mass is 442 g/mol. The van der Waals surface area contributed by atoms with E-state index in [4.69, 9.17) is 10.5 Å². The van der Waals surface area contributed by atoms with Crippen LogP contribution in [0.4, 0.5) is 0 Å². The molecule has 0 aromatic carbocycles. The Hall–Kier alpha value is 0.270. The minimum atomic E-state index is 0. The zero-order valence-corrected chi connectivity index (χ0v) is 17.2. The number of guanidine groups is 1. The normalized spacial score (nSPS) is 22.5. The predicted octanol–water partition coefficient (Wildman–Crippen LogP) is 1.86. The van der Waals surface area contributed by atoms with Crippen molar-refractivity contribution in [2.24, 2.45) is 10.7 Å². The molecule has 2 fully saturated rings. The third-order valence-electron chi connectivity index (χ3n) is 4.59. The topological polar surface area (TPSA) is 54.1 Å². The van der Waals surface area contributed by atoms with Crippen LogP contribution >= 0.6 is 35.7 Å². The summed E-state index contributed by atoms with van der Waals surface area (Å²) in [6.45, 7) is 9.52. The summed E-state index contributed by atoms with van der Waals surface area (Å²) in [6, 6.07) is 0. The van der Waals surface area contributed by atoms with Crippen LogP contribution < -0.4 is 5.73 Å². The summed E-state index contributed by atoms with van der Waals surface area (Å²) in [5, 5.41) is 0. The SMILES string of the molecule is COC1CCN(C(C)(C)CN=C(N)N2CCSCC2)CC1.I. The molecular weight excluding hydrogens is 411 g/mol. The number of hydrogen-bond donors (Lipinski definition) is 1. The van der Waals surface area contributed by atoms with E-state index in [1.165, 1.54) is 0 Å². The number of thioether (sulfide) groups is 1. The average Bonchev–Trinajstić information content (AvgIpc) is 2.53. The summed E-state index contributed by atoms with van der Waals surface area (Å²) in [6.07, 6.45) is 2.65. The molecule has 130 valence electrons. The number of nitrogens with zero attached hydrogens (tertiary/aromatic N) is 3. The van der Waals surface area contributed by atoms with Crippen LogP contribution in [-0.2, 0) is 4.74 Å². The van der Waals surface area contributed by atoms with Crippen LogP contribution in [0, 0.1) is 0 Å². The van der Waals surface area contributed by atoms with E-state index in [2.05, 4.69) is 28.6 Å². The van der Waals surface area contributed by atoms with Gasteiger partial charge < -0.3 is 15.4 Å². The Balaban J connectivity index is 0.00000242. The summed E-state index contributed by atoms with van der Waals surface area (Å²) < 4.78 is 5.45. The van der Waals surface area contributed by atoms with Gasteiger partial charge >= 0.3 is 0 Å². The Bertz CT molecular complexity index is 353. The molecule has 22 heavy (non-hydrogen) atoms. The van der Waals surface area contributed by atoms with Crippen LogP contribution in [-0.4, -0.2) is 78.7 Å². The van der Waals surface area contributed by atoms with Gasteiger partial charge in [0.1, 0.15) is 0 Å². The standard InChI is InChI=1S/C15H30N4OS.HI/c1-15(2,19-6-4-13(20-3)5-7-19)12-17-14(16)18-8-10-21-11-9-18;/h13H,4-12H2,1-3H3,(H2,16,17);1H. The maximum atomic E-state index is 6.16. The minimum Gasteiger partial charge on any atom is -0.381 e. The number of likely N-dealkylation sites (tertiary alicyclic amines) is 1. The first-order valence-electron chi connectivity index (χ1n) is 7.93. The zero-order valence-electron chi connectivity index (χ0n) is 14.1. The molecule has 2 saturated heterocycles. The molecule has 7 heteroatoms. The molecule has 2 heterocycles. The molecule has 0 unspecified atom stereocenters. The van der Waals surface area contributed by atoms with Gasteiger partial charge in [-0.3, -0.25) is 9.89 Å². The summed E-state index contributed by atoms with van der Waals surface area (Å²) in [7, 11) is 1.81. The van der Waals surface area contributed by atoms with Crippen LogP contribution in [0.25, 0.3) is 0 Å². The smallest absolute Gasteiger partial charge is 0.191 e. The number of hydrogen-bond acceptors (Lipinski definition) is 4. The van der Waals surface area contributed by atoms with Gasteiger partial charge in [-0.2, -0.15) is 11.8 Å². The largest absolute Gasteiger partial charge is 0.381 e. The fraction of sp³-hybridized carbons (Fsp3) is 0.933. The molecule has 0 radical (unpaired) electrons. The van der Waals surface area contributed by atoms with Crippen molar-refractivity contribution in [3.63, 3.8) is 0 Å². The summed E-state index contributed by atoms with van der Waals surface area (Å²) >= 11 is 1.99. The molecule has 0 atom stereocenters. The van der Waals surface area contributed by atoms with Gasteiger partial charge in [0.05, 0.1) is 12.6 Å². The number of aliphatic imine (C=N–C) groups is 1. The third-order valence-corrected chi connectivity index (χ3v) is 5.54. The highest BCUT2D eigenvalue weighted by atomic mass is 127. The van der Waals surface area contributed by atoms with Gasteiger partial charge in [-0.15, -0.1) is 24.0 Å². The van der Waals surface area contributed by atoms with E-state index >= 15 is 0 Å². The van der Waals surface area contributed by atoms with Crippen molar-refractivity contribution in [3.8, 4) is 0 Å². The highest BCUT2D eigenvalue weighted by Crippen LogP contribution is 2.22. The Morgan fingerprint density at radius 2 is 1.82 bits per heavy atom. The molecule has 0 aliphatic carbocycles. The number of nitrogens with two attached hydrogens (primary N) is 1. The summed E-state index contributed by atoms with van der Waals surface area (Å²) in [5.74, 6) is 3.03. The van der Waals surface area contributed by atoms with Gasteiger partial charge in [-0.25, -0.2) is 0 Å². The molecule has 2 aliphatic rings.